The third-order valence-electron chi connectivity index (χ3n) is 8.67. The molecule has 5 rings (SSSR count). The highest BCUT2D eigenvalue weighted by atomic mass is 32.2. The predicted octanol–water partition coefficient (Wildman–Crippen LogP) is 1.56. The fraction of sp³-hybridized carbons (Fsp3) is 0.880. The maximum Gasteiger partial charge on any atom is 0.407 e. The van der Waals surface area contributed by atoms with Gasteiger partial charge in [-0.25, -0.2) is 4.79 Å². The molecule has 1 saturated heterocycles. The van der Waals surface area contributed by atoms with Crippen LogP contribution in [0.2, 0.25) is 0 Å². The molecule has 0 unspecified atom stereocenters. The van der Waals surface area contributed by atoms with Crippen molar-refractivity contribution in [2.75, 3.05) is 13.2 Å². The molecule has 210 valence electrons. The molecule has 0 aromatic rings. The van der Waals surface area contributed by atoms with E-state index in [-0.39, 0.29) is 30.1 Å². The van der Waals surface area contributed by atoms with Crippen LogP contribution in [-0.2, 0) is 24.4 Å². The topological polar surface area (TPSA) is 171 Å². The summed E-state index contributed by atoms with van der Waals surface area (Å²) in [7, 11) is -4.91. The molecular weight excluding hydrogens is 502 g/mol. The van der Waals surface area contributed by atoms with Crippen LogP contribution in [0.1, 0.15) is 71.6 Å². The van der Waals surface area contributed by atoms with E-state index in [1.165, 1.54) is 19.3 Å². The van der Waals surface area contributed by atoms with Gasteiger partial charge < -0.3 is 25.8 Å². The minimum atomic E-state index is -4.91. The van der Waals surface area contributed by atoms with Crippen LogP contribution in [0, 0.1) is 35.0 Å². The number of aliphatic hydroxyl groups excluding tert-OH is 1. The molecule has 4 aliphatic carbocycles. The zero-order valence-electron chi connectivity index (χ0n) is 21.6. The van der Waals surface area contributed by atoms with Gasteiger partial charge in [0.25, 0.3) is 10.1 Å². The lowest BCUT2D eigenvalue weighted by Gasteiger charge is -2.56. The predicted molar refractivity (Wildman–Crippen MR) is 134 cm³/mol. The third-order valence-corrected chi connectivity index (χ3v) is 9.61. The van der Waals surface area contributed by atoms with Crippen molar-refractivity contribution in [1.82, 2.24) is 16.0 Å². The Morgan fingerprint density at radius 1 is 1.11 bits per heavy atom. The summed E-state index contributed by atoms with van der Waals surface area (Å²) in [6, 6.07) is -2.48. The van der Waals surface area contributed by atoms with Crippen LogP contribution < -0.4 is 16.0 Å². The molecule has 37 heavy (non-hydrogen) atoms. The Bertz CT molecular complexity index is 949. The van der Waals surface area contributed by atoms with E-state index in [2.05, 4.69) is 16.0 Å². The Labute approximate surface area is 218 Å². The van der Waals surface area contributed by atoms with Gasteiger partial charge in [0.15, 0.2) is 0 Å². The van der Waals surface area contributed by atoms with E-state index in [0.717, 1.165) is 19.3 Å². The van der Waals surface area contributed by atoms with E-state index in [1.54, 1.807) is 0 Å². The molecular formula is C25H41N3O8S. The molecule has 0 radical (unpaired) electrons. The smallest absolute Gasteiger partial charge is 0.407 e. The Kier molecular flexibility index (Phi) is 8.40. The average Bonchev–Trinajstić information content (AvgIpc) is 3.18. The minimum absolute atomic E-state index is 0.00441. The zero-order chi connectivity index (χ0) is 27.0. The standard InChI is InChI=1S/C25H41N3O8S/c1-14(2)5-19(22(30)27-20(23(31)37(33,34)35)9-18-3-4-26-21(18)29)28-24(32)36-13-25-10-15-6-16(11-25)8-17(7-15)12-25/h14-20,23,31H,3-13H2,1-2H3,(H,26,29)(H,27,30)(H,28,32)(H,33,34,35)/t15?,16?,17?,18-,19-,20-,23-,25?/m0/s1. The summed E-state index contributed by atoms with van der Waals surface area (Å²) in [6.45, 7) is 4.46. The molecule has 4 atom stereocenters. The first-order valence-electron chi connectivity index (χ1n) is 13.5. The van der Waals surface area contributed by atoms with Gasteiger partial charge in [-0.15, -0.1) is 0 Å². The molecule has 4 bridgehead atoms. The highest BCUT2D eigenvalue weighted by Gasteiger charge is 2.51. The van der Waals surface area contributed by atoms with Crippen molar-refractivity contribution in [2.24, 2.45) is 35.0 Å². The van der Waals surface area contributed by atoms with Gasteiger partial charge in [0.05, 0.1) is 12.6 Å². The van der Waals surface area contributed by atoms with Crippen molar-refractivity contribution in [2.45, 2.75) is 89.2 Å². The van der Waals surface area contributed by atoms with Gasteiger partial charge in [0.1, 0.15) is 6.04 Å². The van der Waals surface area contributed by atoms with Gasteiger partial charge in [0.2, 0.25) is 17.3 Å². The molecule has 12 heteroatoms. The molecule has 3 amide bonds. The second-order valence-electron chi connectivity index (χ2n) is 12.4. The van der Waals surface area contributed by atoms with Crippen molar-refractivity contribution in [3.05, 3.63) is 0 Å². The Hall–Kier alpha value is -1.92. The first kappa shape index (κ1) is 28.1. The van der Waals surface area contributed by atoms with E-state index in [0.29, 0.717) is 37.3 Å². The summed E-state index contributed by atoms with van der Waals surface area (Å²) < 4.78 is 38.3. The summed E-state index contributed by atoms with van der Waals surface area (Å²) in [5.74, 6) is 0.494. The summed E-state index contributed by atoms with van der Waals surface area (Å²) in [5, 5.41) is 17.9. The molecule has 1 heterocycles. The van der Waals surface area contributed by atoms with E-state index in [9.17, 15) is 32.5 Å². The maximum atomic E-state index is 13.2. The van der Waals surface area contributed by atoms with Crippen LogP contribution in [0.4, 0.5) is 4.79 Å². The van der Waals surface area contributed by atoms with E-state index >= 15 is 0 Å². The van der Waals surface area contributed by atoms with Crippen molar-refractivity contribution >= 4 is 28.0 Å². The van der Waals surface area contributed by atoms with Gasteiger partial charge in [-0.3, -0.25) is 14.1 Å². The molecule has 0 spiro atoms. The molecule has 0 aromatic carbocycles. The lowest BCUT2D eigenvalue weighted by molar-refractivity contribution is -0.126. The normalized spacial score (nSPS) is 33.1. The number of amides is 3. The number of carbonyl (C=O) groups excluding carboxylic acids is 3. The van der Waals surface area contributed by atoms with Gasteiger partial charge in [-0.2, -0.15) is 8.42 Å². The Morgan fingerprint density at radius 3 is 2.19 bits per heavy atom. The number of nitrogens with one attached hydrogen (secondary N) is 3. The second kappa shape index (κ2) is 11.1. The van der Waals surface area contributed by atoms with Crippen LogP contribution in [0.15, 0.2) is 0 Å². The summed E-state index contributed by atoms with van der Waals surface area (Å²) in [4.78, 5) is 38.0. The second-order valence-corrected chi connectivity index (χ2v) is 13.9. The summed E-state index contributed by atoms with van der Waals surface area (Å²) in [6.07, 6.45) is 6.83. The van der Waals surface area contributed by atoms with Crippen molar-refractivity contribution in [3.8, 4) is 0 Å². The van der Waals surface area contributed by atoms with Gasteiger partial charge in [-0.1, -0.05) is 13.8 Å². The fourth-order valence-electron chi connectivity index (χ4n) is 7.49. The number of hydrogen-bond donors (Lipinski definition) is 5. The van der Waals surface area contributed by atoms with Crippen LogP contribution >= 0.6 is 0 Å². The summed E-state index contributed by atoms with van der Waals surface area (Å²) in [5.41, 5.74) is -2.29. The Morgan fingerprint density at radius 2 is 1.70 bits per heavy atom. The van der Waals surface area contributed by atoms with Crippen LogP contribution in [0.25, 0.3) is 0 Å². The first-order valence-corrected chi connectivity index (χ1v) is 15.0. The number of rotatable bonds is 11. The third kappa shape index (κ3) is 6.94. The molecule has 5 aliphatic rings. The first-order chi connectivity index (χ1) is 17.3. The van der Waals surface area contributed by atoms with E-state index in [1.807, 2.05) is 13.8 Å². The largest absolute Gasteiger partial charge is 0.449 e. The summed E-state index contributed by atoms with van der Waals surface area (Å²) >= 11 is 0. The van der Waals surface area contributed by atoms with Crippen molar-refractivity contribution < 1.29 is 37.2 Å². The monoisotopic (exact) mass is 543 g/mol. The van der Waals surface area contributed by atoms with Crippen LogP contribution in [-0.4, -0.2) is 66.7 Å². The number of ether oxygens (including phenoxy) is 1. The molecule has 0 aromatic heterocycles. The number of hydrogen-bond acceptors (Lipinski definition) is 7. The van der Waals surface area contributed by atoms with E-state index < -0.39 is 45.6 Å². The number of carbonyl (C=O) groups is 3. The number of alkyl carbamates (subject to hydrolysis) is 1. The SMILES string of the molecule is CC(C)C[C@H](NC(=O)OCC12CC3CC(CC(C3)C1)C2)C(=O)N[C@@H](C[C@@H]1CCNC1=O)[C@@H](O)S(=O)(=O)O. The van der Waals surface area contributed by atoms with Crippen LogP contribution in [0.3, 0.4) is 0 Å². The molecule has 4 saturated carbocycles. The van der Waals surface area contributed by atoms with Gasteiger partial charge >= 0.3 is 6.09 Å². The maximum absolute atomic E-state index is 13.2. The molecule has 1 aliphatic heterocycles. The number of aliphatic hydroxyl groups is 1. The van der Waals surface area contributed by atoms with Crippen LogP contribution in [0.5, 0.6) is 0 Å². The molecule has 5 N–H and O–H groups in total. The van der Waals surface area contributed by atoms with Gasteiger partial charge in [-0.05, 0) is 81.5 Å². The minimum Gasteiger partial charge on any atom is -0.449 e. The highest BCUT2D eigenvalue weighted by molar-refractivity contribution is 7.86. The molecule has 5 fully saturated rings. The molecule has 11 nitrogen and oxygen atoms in total. The quantitative estimate of drug-likeness (QED) is 0.244. The fourth-order valence-corrected chi connectivity index (χ4v) is 8.08. The van der Waals surface area contributed by atoms with E-state index in [4.69, 9.17) is 4.74 Å². The van der Waals surface area contributed by atoms with Gasteiger partial charge in [0, 0.05) is 17.9 Å². The van der Waals surface area contributed by atoms with Crippen molar-refractivity contribution in [1.29, 1.82) is 0 Å². The average molecular weight is 544 g/mol. The highest BCUT2D eigenvalue weighted by Crippen LogP contribution is 2.60. The van der Waals surface area contributed by atoms with Crippen molar-refractivity contribution in [3.63, 3.8) is 0 Å². The lowest BCUT2D eigenvalue weighted by atomic mass is 9.50. The lowest BCUT2D eigenvalue weighted by Crippen LogP contribution is -2.55. The Balaban J connectivity index is 1.38. The zero-order valence-corrected chi connectivity index (χ0v) is 22.5.